The third-order valence-electron chi connectivity index (χ3n) is 5.05. The summed E-state index contributed by atoms with van der Waals surface area (Å²) in [6.07, 6.45) is 0.287. The molecule has 0 spiro atoms. The number of nitrogens with zero attached hydrogens (tertiary/aromatic N) is 4. The second-order valence-corrected chi connectivity index (χ2v) is 7.41. The molecular weight excluding hydrogens is 397 g/mol. The van der Waals surface area contributed by atoms with Crippen LogP contribution in [0.4, 0.5) is 4.39 Å². The van der Waals surface area contributed by atoms with Crippen LogP contribution < -0.4 is 0 Å². The van der Waals surface area contributed by atoms with Crippen molar-refractivity contribution in [3.05, 3.63) is 64.7 Å². The van der Waals surface area contributed by atoms with E-state index in [2.05, 4.69) is 20.3 Å². The number of rotatable bonds is 4. The SMILES string of the molecule is O=C1CC(c2noc(-c3n[nH]c4ccccc34)n2)CN1Cc1ccc(F)c(Cl)c1. The van der Waals surface area contributed by atoms with Crippen molar-refractivity contribution < 1.29 is 13.7 Å². The zero-order valence-corrected chi connectivity index (χ0v) is 15.9. The Hall–Kier alpha value is -3.26. The van der Waals surface area contributed by atoms with E-state index in [-0.39, 0.29) is 23.3 Å². The number of benzene rings is 2. The molecule has 1 saturated heterocycles. The van der Waals surface area contributed by atoms with Crippen molar-refractivity contribution in [1.29, 1.82) is 0 Å². The largest absolute Gasteiger partial charge is 0.338 e. The van der Waals surface area contributed by atoms with Gasteiger partial charge in [0.1, 0.15) is 5.82 Å². The Labute approximate surface area is 169 Å². The third-order valence-corrected chi connectivity index (χ3v) is 5.34. The molecule has 1 atom stereocenters. The van der Waals surface area contributed by atoms with Crippen LogP contribution in [0.15, 0.2) is 47.0 Å². The minimum Gasteiger partial charge on any atom is -0.338 e. The highest BCUT2D eigenvalue weighted by atomic mass is 35.5. The Morgan fingerprint density at radius 2 is 2.14 bits per heavy atom. The van der Waals surface area contributed by atoms with Crippen LogP contribution in [0.1, 0.15) is 23.7 Å². The maximum Gasteiger partial charge on any atom is 0.279 e. The quantitative estimate of drug-likeness (QED) is 0.550. The maximum atomic E-state index is 13.3. The molecule has 0 radical (unpaired) electrons. The van der Waals surface area contributed by atoms with Crippen molar-refractivity contribution in [1.82, 2.24) is 25.2 Å². The predicted molar refractivity (Wildman–Crippen MR) is 104 cm³/mol. The van der Waals surface area contributed by atoms with Crippen LogP contribution in [-0.4, -0.2) is 37.7 Å². The second-order valence-electron chi connectivity index (χ2n) is 7.00. The average Bonchev–Trinajstić information content (AvgIpc) is 3.43. The summed E-state index contributed by atoms with van der Waals surface area (Å²) in [5.74, 6) is 0.105. The Morgan fingerprint density at radius 3 is 3.00 bits per heavy atom. The van der Waals surface area contributed by atoms with Crippen LogP contribution in [0.5, 0.6) is 0 Å². The van der Waals surface area contributed by atoms with Gasteiger partial charge in [0.15, 0.2) is 11.5 Å². The van der Waals surface area contributed by atoms with Gasteiger partial charge in [-0.15, -0.1) is 0 Å². The molecule has 1 amide bonds. The Bertz CT molecular complexity index is 1220. The lowest BCUT2D eigenvalue weighted by molar-refractivity contribution is -0.128. The number of nitrogens with one attached hydrogen (secondary N) is 1. The van der Waals surface area contributed by atoms with Gasteiger partial charge in [-0.2, -0.15) is 10.1 Å². The highest BCUT2D eigenvalue weighted by Crippen LogP contribution is 2.31. The van der Waals surface area contributed by atoms with E-state index in [0.717, 1.165) is 16.5 Å². The number of hydrogen-bond donors (Lipinski definition) is 1. The molecule has 146 valence electrons. The van der Waals surface area contributed by atoms with Gasteiger partial charge in [-0.25, -0.2) is 4.39 Å². The van der Waals surface area contributed by atoms with Crippen molar-refractivity contribution in [3.63, 3.8) is 0 Å². The van der Waals surface area contributed by atoms with Gasteiger partial charge in [0, 0.05) is 30.8 Å². The zero-order chi connectivity index (χ0) is 20.0. The minimum absolute atomic E-state index is 0.0213. The zero-order valence-electron chi connectivity index (χ0n) is 15.1. The van der Waals surface area contributed by atoms with E-state index < -0.39 is 5.82 Å². The lowest BCUT2D eigenvalue weighted by Crippen LogP contribution is -2.24. The molecule has 1 aliphatic heterocycles. The monoisotopic (exact) mass is 411 g/mol. The normalized spacial score (nSPS) is 16.8. The number of amides is 1. The number of carbonyl (C=O) groups excluding carboxylic acids is 1. The van der Waals surface area contributed by atoms with Crippen molar-refractivity contribution in [2.45, 2.75) is 18.9 Å². The smallest absolute Gasteiger partial charge is 0.279 e. The van der Waals surface area contributed by atoms with Gasteiger partial charge in [0.2, 0.25) is 5.91 Å². The molecule has 4 aromatic rings. The number of halogens is 2. The number of aromatic amines is 1. The summed E-state index contributed by atoms with van der Waals surface area (Å²) in [5.41, 5.74) is 2.23. The standard InChI is InChI=1S/C20H15ClFN5O2/c21-14-7-11(5-6-15(14)22)9-27-10-12(8-17(27)28)19-23-20(29-26-19)18-13-3-1-2-4-16(13)24-25-18/h1-7,12H,8-10H2,(H,24,25). The van der Waals surface area contributed by atoms with Gasteiger partial charge in [-0.05, 0) is 23.8 Å². The van der Waals surface area contributed by atoms with Gasteiger partial charge in [0.05, 0.1) is 10.5 Å². The topological polar surface area (TPSA) is 87.9 Å². The van der Waals surface area contributed by atoms with Gasteiger partial charge in [-0.3, -0.25) is 9.89 Å². The van der Waals surface area contributed by atoms with Crippen molar-refractivity contribution >= 4 is 28.4 Å². The van der Waals surface area contributed by atoms with E-state index in [1.807, 2.05) is 24.3 Å². The van der Waals surface area contributed by atoms with Crippen molar-refractivity contribution in [2.24, 2.45) is 0 Å². The first-order valence-corrected chi connectivity index (χ1v) is 9.45. The van der Waals surface area contributed by atoms with Gasteiger partial charge in [0.25, 0.3) is 5.89 Å². The number of aromatic nitrogens is 4. The van der Waals surface area contributed by atoms with Crippen LogP contribution in [0.2, 0.25) is 5.02 Å². The first-order chi connectivity index (χ1) is 14.1. The van der Waals surface area contributed by atoms with Crippen LogP contribution in [0.25, 0.3) is 22.5 Å². The molecule has 1 fully saturated rings. The van der Waals surface area contributed by atoms with Crippen LogP contribution in [0.3, 0.4) is 0 Å². The van der Waals surface area contributed by atoms with E-state index in [1.165, 1.54) is 12.1 Å². The number of para-hydroxylation sites is 1. The molecule has 2 aromatic heterocycles. The molecule has 0 aliphatic carbocycles. The fraction of sp³-hybridized carbons (Fsp3) is 0.200. The number of fused-ring (bicyclic) bond motifs is 1. The molecule has 0 saturated carbocycles. The molecule has 7 nitrogen and oxygen atoms in total. The lowest BCUT2D eigenvalue weighted by atomic mass is 10.1. The second kappa shape index (κ2) is 6.97. The Morgan fingerprint density at radius 1 is 1.28 bits per heavy atom. The first-order valence-electron chi connectivity index (χ1n) is 9.07. The van der Waals surface area contributed by atoms with Crippen molar-refractivity contribution in [3.8, 4) is 11.6 Å². The molecule has 2 aromatic carbocycles. The van der Waals surface area contributed by atoms with Gasteiger partial charge < -0.3 is 9.42 Å². The summed E-state index contributed by atoms with van der Waals surface area (Å²) in [4.78, 5) is 18.6. The summed E-state index contributed by atoms with van der Waals surface area (Å²) >= 11 is 5.83. The molecule has 1 aliphatic rings. The summed E-state index contributed by atoms with van der Waals surface area (Å²) < 4.78 is 18.8. The molecule has 5 rings (SSSR count). The molecule has 0 bridgehead atoms. The van der Waals surface area contributed by atoms with E-state index in [4.69, 9.17) is 16.1 Å². The molecule has 1 unspecified atom stereocenters. The maximum absolute atomic E-state index is 13.3. The first kappa shape index (κ1) is 17.8. The summed E-state index contributed by atoms with van der Waals surface area (Å²) in [6, 6.07) is 12.1. The van der Waals surface area contributed by atoms with E-state index in [0.29, 0.717) is 30.5 Å². The summed E-state index contributed by atoms with van der Waals surface area (Å²) in [5, 5.41) is 12.2. The van der Waals surface area contributed by atoms with Gasteiger partial charge in [-0.1, -0.05) is 41.0 Å². The highest BCUT2D eigenvalue weighted by Gasteiger charge is 2.34. The van der Waals surface area contributed by atoms with Crippen LogP contribution >= 0.6 is 11.6 Å². The fourth-order valence-electron chi connectivity index (χ4n) is 3.58. The predicted octanol–water partition coefficient (Wildman–Crippen LogP) is 3.92. The number of hydrogen-bond acceptors (Lipinski definition) is 5. The van der Waals surface area contributed by atoms with Crippen LogP contribution in [0, 0.1) is 5.82 Å². The van der Waals surface area contributed by atoms with E-state index in [9.17, 15) is 9.18 Å². The minimum atomic E-state index is -0.480. The number of H-pyrrole nitrogens is 1. The molecule has 1 N–H and O–H groups in total. The van der Waals surface area contributed by atoms with E-state index in [1.54, 1.807) is 11.0 Å². The average molecular weight is 412 g/mol. The Balaban J connectivity index is 1.35. The van der Waals surface area contributed by atoms with Crippen LogP contribution in [-0.2, 0) is 11.3 Å². The number of carbonyl (C=O) groups is 1. The molecular formula is C20H15ClFN5O2. The molecule has 9 heteroatoms. The third kappa shape index (κ3) is 3.25. The molecule has 29 heavy (non-hydrogen) atoms. The number of likely N-dealkylation sites (tertiary alicyclic amines) is 1. The highest BCUT2D eigenvalue weighted by molar-refractivity contribution is 6.30. The Kier molecular flexibility index (Phi) is 4.28. The fourth-order valence-corrected chi connectivity index (χ4v) is 3.78. The summed E-state index contributed by atoms with van der Waals surface area (Å²) in [7, 11) is 0. The molecule has 3 heterocycles. The van der Waals surface area contributed by atoms with Crippen molar-refractivity contribution in [2.75, 3.05) is 6.54 Å². The lowest BCUT2D eigenvalue weighted by Gasteiger charge is -2.16. The summed E-state index contributed by atoms with van der Waals surface area (Å²) in [6.45, 7) is 0.804. The van der Waals surface area contributed by atoms with Gasteiger partial charge >= 0.3 is 0 Å². The van der Waals surface area contributed by atoms with E-state index >= 15 is 0 Å².